The number of hydrogen-bond donors (Lipinski definition) is 2. The summed E-state index contributed by atoms with van der Waals surface area (Å²) < 4.78 is 5.66. The van der Waals surface area contributed by atoms with Crippen LogP contribution in [0.1, 0.15) is 25.5 Å². The van der Waals surface area contributed by atoms with Gasteiger partial charge in [0.1, 0.15) is 12.4 Å². The highest BCUT2D eigenvalue weighted by Gasteiger charge is 2.20. The van der Waals surface area contributed by atoms with Crippen molar-refractivity contribution in [3.63, 3.8) is 0 Å². The minimum absolute atomic E-state index is 0.442. The molecule has 0 unspecified atom stereocenters. The molecular formula is C21H30N6O. The molecule has 1 aliphatic heterocycles. The lowest BCUT2D eigenvalue weighted by molar-refractivity contribution is 0.196. The van der Waals surface area contributed by atoms with E-state index in [2.05, 4.69) is 43.5 Å². The van der Waals surface area contributed by atoms with Crippen LogP contribution in [0.25, 0.3) is 0 Å². The number of hydrogen-bond acceptors (Lipinski definition) is 5. The van der Waals surface area contributed by atoms with Crippen LogP contribution in [0.3, 0.4) is 0 Å². The Balaban J connectivity index is 1.40. The van der Waals surface area contributed by atoms with E-state index in [1.165, 1.54) is 0 Å². The molecule has 0 aromatic carbocycles. The summed E-state index contributed by atoms with van der Waals surface area (Å²) in [5.41, 5.74) is 1.14. The van der Waals surface area contributed by atoms with Gasteiger partial charge in [-0.15, -0.1) is 0 Å². The molecule has 28 heavy (non-hydrogen) atoms. The molecule has 0 radical (unpaired) electrons. The summed E-state index contributed by atoms with van der Waals surface area (Å²) in [5.74, 6) is 1.64. The third-order valence-corrected chi connectivity index (χ3v) is 4.65. The maximum Gasteiger partial charge on any atom is 0.191 e. The van der Waals surface area contributed by atoms with E-state index < -0.39 is 0 Å². The van der Waals surface area contributed by atoms with Crippen LogP contribution in [0, 0.1) is 0 Å². The van der Waals surface area contributed by atoms with Crippen LogP contribution in [0.15, 0.2) is 53.9 Å². The van der Waals surface area contributed by atoms with Gasteiger partial charge in [-0.1, -0.05) is 6.07 Å². The summed E-state index contributed by atoms with van der Waals surface area (Å²) in [6.07, 6.45) is 7.51. The van der Waals surface area contributed by atoms with Crippen LogP contribution in [0.5, 0.6) is 5.75 Å². The molecule has 1 aliphatic rings. The second kappa shape index (κ2) is 11.2. The number of nitrogens with zero attached hydrogens (tertiary/aromatic N) is 4. The highest BCUT2D eigenvalue weighted by Crippen LogP contribution is 2.13. The molecule has 2 aromatic rings. The number of likely N-dealkylation sites (tertiary alicyclic amines) is 1. The minimum atomic E-state index is 0.442. The topological polar surface area (TPSA) is 74.7 Å². The number of pyridine rings is 2. The third-order valence-electron chi connectivity index (χ3n) is 4.65. The molecule has 2 N–H and O–H groups in total. The van der Waals surface area contributed by atoms with Crippen LogP contribution >= 0.6 is 0 Å². The molecule has 0 saturated carbocycles. The fourth-order valence-electron chi connectivity index (χ4n) is 3.22. The molecule has 0 aliphatic carbocycles. The maximum absolute atomic E-state index is 5.66. The third kappa shape index (κ3) is 6.81. The van der Waals surface area contributed by atoms with E-state index in [0.29, 0.717) is 19.2 Å². The highest BCUT2D eigenvalue weighted by atomic mass is 16.5. The number of rotatable bonds is 8. The fraction of sp³-hybridized carbons (Fsp3) is 0.476. The first kappa shape index (κ1) is 20.1. The molecule has 0 atom stereocenters. The van der Waals surface area contributed by atoms with Crippen molar-refractivity contribution < 1.29 is 4.74 Å². The predicted octanol–water partition coefficient (Wildman–Crippen LogP) is 2.08. The van der Waals surface area contributed by atoms with Crippen LogP contribution in [-0.4, -0.2) is 59.7 Å². The van der Waals surface area contributed by atoms with Gasteiger partial charge < -0.3 is 15.4 Å². The van der Waals surface area contributed by atoms with Crippen LogP contribution in [0.4, 0.5) is 0 Å². The number of aromatic nitrogens is 2. The van der Waals surface area contributed by atoms with Crippen LogP contribution in [0.2, 0.25) is 0 Å². The summed E-state index contributed by atoms with van der Waals surface area (Å²) >= 11 is 0. The van der Waals surface area contributed by atoms with Gasteiger partial charge in [0.25, 0.3) is 0 Å². The Bertz CT molecular complexity index is 701. The van der Waals surface area contributed by atoms with Crippen molar-refractivity contribution in [2.24, 2.45) is 4.99 Å². The maximum atomic E-state index is 5.66. The molecule has 3 rings (SSSR count). The van der Waals surface area contributed by atoms with Gasteiger partial charge in [0.05, 0.1) is 18.4 Å². The average Bonchev–Trinajstić information content (AvgIpc) is 2.74. The molecule has 1 fully saturated rings. The SMILES string of the molecule is CCNC(=NCCOc1cccnc1)NC1CCN(Cc2ccccn2)CC1. The summed E-state index contributed by atoms with van der Waals surface area (Å²) in [6.45, 7) is 7.11. The second-order valence-corrected chi connectivity index (χ2v) is 6.81. The van der Waals surface area contributed by atoms with E-state index >= 15 is 0 Å². The molecule has 2 aromatic heterocycles. The molecule has 3 heterocycles. The minimum Gasteiger partial charge on any atom is -0.490 e. The molecule has 0 amide bonds. The van der Waals surface area contributed by atoms with Gasteiger partial charge in [0, 0.05) is 44.6 Å². The van der Waals surface area contributed by atoms with Crippen molar-refractivity contribution in [2.75, 3.05) is 32.8 Å². The van der Waals surface area contributed by atoms with E-state index in [1.54, 1.807) is 12.4 Å². The average molecular weight is 383 g/mol. The zero-order valence-electron chi connectivity index (χ0n) is 16.6. The van der Waals surface area contributed by atoms with Gasteiger partial charge in [-0.25, -0.2) is 4.99 Å². The Kier molecular flexibility index (Phi) is 8.06. The van der Waals surface area contributed by atoms with Gasteiger partial charge in [-0.3, -0.25) is 14.9 Å². The Hall–Kier alpha value is -2.67. The van der Waals surface area contributed by atoms with E-state index in [1.807, 2.05) is 30.5 Å². The van der Waals surface area contributed by atoms with Crippen LogP contribution in [-0.2, 0) is 6.54 Å². The first-order valence-corrected chi connectivity index (χ1v) is 10.0. The van der Waals surface area contributed by atoms with Gasteiger partial charge in [0.15, 0.2) is 5.96 Å². The summed E-state index contributed by atoms with van der Waals surface area (Å²) in [7, 11) is 0. The van der Waals surface area contributed by atoms with Gasteiger partial charge >= 0.3 is 0 Å². The number of aliphatic imine (C=N–C) groups is 1. The predicted molar refractivity (Wildman–Crippen MR) is 111 cm³/mol. The van der Waals surface area contributed by atoms with Crippen molar-refractivity contribution in [2.45, 2.75) is 32.4 Å². The molecule has 0 spiro atoms. The lowest BCUT2D eigenvalue weighted by atomic mass is 10.0. The van der Waals surface area contributed by atoms with Crippen molar-refractivity contribution in [1.82, 2.24) is 25.5 Å². The van der Waals surface area contributed by atoms with Crippen molar-refractivity contribution >= 4 is 5.96 Å². The Morgan fingerprint density at radius 3 is 2.82 bits per heavy atom. The van der Waals surface area contributed by atoms with Crippen molar-refractivity contribution in [3.8, 4) is 5.75 Å². The molecule has 150 valence electrons. The lowest BCUT2D eigenvalue weighted by Gasteiger charge is -2.32. The van der Waals surface area contributed by atoms with Gasteiger partial charge in [-0.05, 0) is 44.0 Å². The van der Waals surface area contributed by atoms with E-state index in [4.69, 9.17) is 4.74 Å². The Labute approximate surface area is 167 Å². The number of ether oxygens (including phenoxy) is 1. The van der Waals surface area contributed by atoms with Gasteiger partial charge in [-0.2, -0.15) is 0 Å². The summed E-state index contributed by atoms with van der Waals surface area (Å²) in [5, 5.41) is 6.90. The monoisotopic (exact) mass is 382 g/mol. The zero-order chi connectivity index (χ0) is 19.4. The van der Waals surface area contributed by atoms with Gasteiger partial charge in [0.2, 0.25) is 0 Å². The normalized spacial score (nSPS) is 16.0. The van der Waals surface area contributed by atoms with E-state index in [0.717, 1.165) is 56.4 Å². The van der Waals surface area contributed by atoms with Crippen molar-refractivity contribution in [1.29, 1.82) is 0 Å². The summed E-state index contributed by atoms with van der Waals surface area (Å²) in [4.78, 5) is 15.6. The van der Waals surface area contributed by atoms with Crippen LogP contribution < -0.4 is 15.4 Å². The Morgan fingerprint density at radius 1 is 1.21 bits per heavy atom. The number of piperidine rings is 1. The fourth-order valence-corrected chi connectivity index (χ4v) is 3.22. The molecule has 7 nitrogen and oxygen atoms in total. The molecule has 7 heteroatoms. The van der Waals surface area contributed by atoms with Crippen molar-refractivity contribution in [3.05, 3.63) is 54.6 Å². The number of nitrogens with one attached hydrogen (secondary N) is 2. The number of guanidine groups is 1. The molecule has 0 bridgehead atoms. The smallest absolute Gasteiger partial charge is 0.191 e. The quantitative estimate of drug-likeness (QED) is 0.414. The molecular weight excluding hydrogens is 352 g/mol. The van der Waals surface area contributed by atoms with E-state index in [9.17, 15) is 0 Å². The highest BCUT2D eigenvalue weighted by molar-refractivity contribution is 5.80. The van der Waals surface area contributed by atoms with E-state index in [-0.39, 0.29) is 0 Å². The molecule has 1 saturated heterocycles. The standard InChI is InChI=1S/C21H30N6O/c1-2-23-21(25-12-15-28-20-7-5-10-22-16-20)26-18-8-13-27(14-9-18)17-19-6-3-4-11-24-19/h3-7,10-11,16,18H,2,8-9,12-15,17H2,1H3,(H2,23,25,26). The first-order valence-electron chi connectivity index (χ1n) is 10.0. The Morgan fingerprint density at radius 2 is 2.11 bits per heavy atom. The largest absolute Gasteiger partial charge is 0.490 e. The lowest BCUT2D eigenvalue weighted by Crippen LogP contribution is -2.48. The zero-order valence-corrected chi connectivity index (χ0v) is 16.6. The first-order chi connectivity index (χ1) is 13.8. The summed E-state index contributed by atoms with van der Waals surface area (Å²) in [6, 6.07) is 10.3. The second-order valence-electron chi connectivity index (χ2n) is 6.81.